The summed E-state index contributed by atoms with van der Waals surface area (Å²) in [5.74, 6) is 1.69. The quantitative estimate of drug-likeness (QED) is 0.371. The molecule has 2 fully saturated rings. The first-order valence-corrected chi connectivity index (χ1v) is 12.8. The summed E-state index contributed by atoms with van der Waals surface area (Å²) in [5, 5.41) is 6.90. The number of para-hydroxylation sites is 1. The maximum atomic E-state index is 14.0. The van der Waals surface area contributed by atoms with Crippen LogP contribution in [-0.4, -0.2) is 48.6 Å². The first-order chi connectivity index (χ1) is 17.7. The summed E-state index contributed by atoms with van der Waals surface area (Å²) in [6.07, 6.45) is 8.08. The Morgan fingerprint density at radius 2 is 1.81 bits per heavy atom. The molecule has 4 aromatic heterocycles. The van der Waals surface area contributed by atoms with Crippen LogP contribution in [0, 0.1) is 6.92 Å². The van der Waals surface area contributed by atoms with Crippen LogP contribution in [0.25, 0.3) is 27.8 Å². The lowest BCUT2D eigenvalue weighted by atomic mass is 9.89. The van der Waals surface area contributed by atoms with Gasteiger partial charge in [0.05, 0.1) is 16.6 Å². The number of rotatable bonds is 4. The van der Waals surface area contributed by atoms with Gasteiger partial charge in [-0.2, -0.15) is 9.78 Å². The van der Waals surface area contributed by atoms with Gasteiger partial charge in [-0.1, -0.05) is 24.3 Å². The van der Waals surface area contributed by atoms with E-state index < -0.39 is 0 Å². The highest BCUT2D eigenvalue weighted by atomic mass is 16.2. The molecule has 0 unspecified atom stereocenters. The molecule has 5 aromatic rings. The van der Waals surface area contributed by atoms with Crippen LogP contribution >= 0.6 is 0 Å². The number of hydrogen-bond donors (Lipinski definition) is 1. The number of aryl methyl sites for hydroxylation is 1. The van der Waals surface area contributed by atoms with Crippen molar-refractivity contribution in [2.75, 3.05) is 13.1 Å². The molecule has 1 N–H and O–H groups in total. The third kappa shape index (κ3) is 3.49. The number of nitrogens with zero attached hydrogens (tertiary/aromatic N) is 5. The number of nitrogens with one attached hydrogen (secondary N) is 1. The van der Waals surface area contributed by atoms with Crippen LogP contribution in [0.3, 0.4) is 0 Å². The van der Waals surface area contributed by atoms with E-state index in [0.717, 1.165) is 66.8 Å². The summed E-state index contributed by atoms with van der Waals surface area (Å²) >= 11 is 0. The largest absolute Gasteiger partial charge is 0.361 e. The van der Waals surface area contributed by atoms with Gasteiger partial charge in [0.15, 0.2) is 11.5 Å². The van der Waals surface area contributed by atoms with Gasteiger partial charge in [0, 0.05) is 48.0 Å². The van der Waals surface area contributed by atoms with Crippen LogP contribution in [0.5, 0.6) is 0 Å². The Morgan fingerprint density at radius 1 is 1.00 bits per heavy atom. The number of likely N-dealkylation sites (tertiary alicyclic amines) is 1. The molecule has 0 bridgehead atoms. The number of carbonyl (C=O) groups excluding carboxylic acids is 1. The molecule has 5 heterocycles. The van der Waals surface area contributed by atoms with Crippen molar-refractivity contribution in [3.63, 3.8) is 0 Å². The number of benzene rings is 1. The third-order valence-corrected chi connectivity index (χ3v) is 7.77. The molecule has 1 aliphatic heterocycles. The molecule has 2 aliphatic rings. The van der Waals surface area contributed by atoms with Crippen molar-refractivity contribution in [1.82, 2.24) is 29.6 Å². The average molecular weight is 477 g/mol. The number of piperidine rings is 1. The summed E-state index contributed by atoms with van der Waals surface area (Å²) in [5.41, 5.74) is 5.81. The maximum absolute atomic E-state index is 14.0. The van der Waals surface area contributed by atoms with Crippen LogP contribution in [-0.2, 0) is 0 Å². The first kappa shape index (κ1) is 21.3. The van der Waals surface area contributed by atoms with Crippen LogP contribution in [0.1, 0.15) is 64.8 Å². The maximum Gasteiger partial charge on any atom is 0.254 e. The lowest BCUT2D eigenvalue weighted by Gasteiger charge is -2.32. The van der Waals surface area contributed by atoms with Gasteiger partial charge in [0.1, 0.15) is 0 Å². The topological polar surface area (TPSA) is 79.7 Å². The molecule has 1 aromatic carbocycles. The average Bonchev–Trinajstić information content (AvgIpc) is 3.61. The van der Waals surface area contributed by atoms with Gasteiger partial charge in [-0.15, -0.1) is 0 Å². The zero-order valence-electron chi connectivity index (χ0n) is 20.3. The molecule has 1 saturated heterocycles. The van der Waals surface area contributed by atoms with E-state index >= 15 is 0 Å². The predicted octanol–water partition coefficient (Wildman–Crippen LogP) is 5.50. The van der Waals surface area contributed by atoms with Crippen molar-refractivity contribution in [2.45, 2.75) is 44.4 Å². The van der Waals surface area contributed by atoms with Gasteiger partial charge in [-0.3, -0.25) is 4.79 Å². The Morgan fingerprint density at radius 3 is 2.58 bits per heavy atom. The lowest BCUT2D eigenvalue weighted by molar-refractivity contribution is 0.0715. The van der Waals surface area contributed by atoms with Gasteiger partial charge in [-0.05, 0) is 68.4 Å². The van der Waals surface area contributed by atoms with Crippen LogP contribution in [0.4, 0.5) is 0 Å². The smallest absolute Gasteiger partial charge is 0.254 e. The molecule has 0 spiro atoms. The van der Waals surface area contributed by atoms with Gasteiger partial charge in [-0.25, -0.2) is 9.97 Å². The van der Waals surface area contributed by atoms with E-state index in [1.807, 2.05) is 36.1 Å². The molecule has 1 amide bonds. The molecule has 0 atom stereocenters. The highest BCUT2D eigenvalue weighted by Gasteiger charge is 2.32. The van der Waals surface area contributed by atoms with Crippen molar-refractivity contribution in [1.29, 1.82) is 0 Å². The summed E-state index contributed by atoms with van der Waals surface area (Å²) in [6.45, 7) is 3.46. The Bertz CT molecular complexity index is 1590. The number of carbonyl (C=O) groups is 1. The van der Waals surface area contributed by atoms with Gasteiger partial charge in [0.25, 0.3) is 5.91 Å². The number of amides is 1. The minimum atomic E-state index is 0.0883. The molecule has 7 rings (SSSR count). The van der Waals surface area contributed by atoms with Crippen LogP contribution in [0.2, 0.25) is 0 Å². The van der Waals surface area contributed by atoms with Gasteiger partial charge in [0.2, 0.25) is 0 Å². The Labute approximate surface area is 209 Å². The van der Waals surface area contributed by atoms with Crippen molar-refractivity contribution in [3.8, 4) is 5.82 Å². The fourth-order valence-electron chi connectivity index (χ4n) is 5.70. The zero-order valence-corrected chi connectivity index (χ0v) is 20.3. The molecule has 36 heavy (non-hydrogen) atoms. The van der Waals surface area contributed by atoms with Crippen molar-refractivity contribution < 1.29 is 4.79 Å². The Hall–Kier alpha value is -4.00. The molecular weight excluding hydrogens is 448 g/mol. The summed E-state index contributed by atoms with van der Waals surface area (Å²) in [7, 11) is 0. The monoisotopic (exact) mass is 476 g/mol. The third-order valence-electron chi connectivity index (χ3n) is 7.77. The first-order valence-electron chi connectivity index (χ1n) is 12.8. The fraction of sp³-hybridized carbons (Fsp3) is 0.310. The molecule has 1 aliphatic carbocycles. The number of pyridine rings is 2. The number of fused-ring (bicyclic) bond motifs is 2. The van der Waals surface area contributed by atoms with E-state index in [1.54, 1.807) is 10.9 Å². The zero-order chi connectivity index (χ0) is 24.2. The number of aromatic amines is 1. The number of hydrogen-bond acceptors (Lipinski definition) is 4. The second-order valence-corrected chi connectivity index (χ2v) is 10.1. The second kappa shape index (κ2) is 8.29. The number of aromatic nitrogens is 5. The van der Waals surface area contributed by atoms with Crippen LogP contribution in [0.15, 0.2) is 60.9 Å². The Kier molecular flexibility index (Phi) is 4.91. The Balaban J connectivity index is 1.22. The fourth-order valence-corrected chi connectivity index (χ4v) is 5.70. The van der Waals surface area contributed by atoms with E-state index in [0.29, 0.717) is 17.7 Å². The normalized spacial score (nSPS) is 16.8. The molecule has 0 radical (unpaired) electrons. The van der Waals surface area contributed by atoms with E-state index in [1.165, 1.54) is 16.5 Å². The lowest BCUT2D eigenvalue weighted by Crippen LogP contribution is -2.38. The van der Waals surface area contributed by atoms with E-state index in [2.05, 4.69) is 40.4 Å². The van der Waals surface area contributed by atoms with Crippen LogP contribution < -0.4 is 0 Å². The highest BCUT2D eigenvalue weighted by Crippen LogP contribution is 2.41. The molecule has 180 valence electrons. The van der Waals surface area contributed by atoms with E-state index in [4.69, 9.17) is 10.1 Å². The molecular formula is C29H28N6O. The minimum absolute atomic E-state index is 0.0883. The van der Waals surface area contributed by atoms with E-state index in [9.17, 15) is 4.79 Å². The van der Waals surface area contributed by atoms with Gasteiger partial charge >= 0.3 is 0 Å². The summed E-state index contributed by atoms with van der Waals surface area (Å²) in [6, 6.07) is 16.3. The summed E-state index contributed by atoms with van der Waals surface area (Å²) < 4.78 is 1.79. The van der Waals surface area contributed by atoms with Crippen molar-refractivity contribution in [2.24, 2.45) is 0 Å². The minimum Gasteiger partial charge on any atom is -0.361 e. The van der Waals surface area contributed by atoms with Gasteiger partial charge < -0.3 is 9.88 Å². The van der Waals surface area contributed by atoms with E-state index in [-0.39, 0.29) is 5.91 Å². The number of H-pyrrole nitrogens is 1. The summed E-state index contributed by atoms with van der Waals surface area (Å²) in [4.78, 5) is 28.8. The van der Waals surface area contributed by atoms with Crippen molar-refractivity contribution in [3.05, 3.63) is 83.4 Å². The molecule has 7 nitrogen and oxygen atoms in total. The predicted molar refractivity (Wildman–Crippen MR) is 140 cm³/mol. The van der Waals surface area contributed by atoms with Crippen molar-refractivity contribution >= 4 is 27.8 Å². The second-order valence-electron chi connectivity index (χ2n) is 10.1. The standard InChI is InChI=1S/C29H28N6O/c1-18-27-22(16-25(20-9-10-20)32-28(27)35(33-18)26-8-4-5-13-30-26)29(36)34-14-11-19(12-15-34)23-17-31-24-7-3-2-6-21(23)24/h2-8,13,16-17,19-20,31H,9-12,14-15H2,1H3. The molecule has 1 saturated carbocycles. The molecule has 7 heteroatoms. The SMILES string of the molecule is Cc1nn(-c2ccccn2)c2nc(C3CC3)cc(C(=O)N3CCC(c4c[nH]c5ccccc45)CC3)c12. The highest BCUT2D eigenvalue weighted by molar-refractivity contribution is 6.07.